The zero-order valence-electron chi connectivity index (χ0n) is 9.65. The van der Waals surface area contributed by atoms with E-state index in [9.17, 15) is 9.90 Å². The lowest BCUT2D eigenvalue weighted by atomic mass is 10.3. The van der Waals surface area contributed by atoms with Gasteiger partial charge in [0.2, 0.25) is 0 Å². The predicted molar refractivity (Wildman–Crippen MR) is 77.2 cm³/mol. The molecule has 0 heterocycles. The first-order valence-corrected chi connectivity index (χ1v) is 6.12. The first-order chi connectivity index (χ1) is 9.04. The van der Waals surface area contributed by atoms with Crippen molar-refractivity contribution in [3.05, 3.63) is 52.5 Å². The van der Waals surface area contributed by atoms with Crippen LogP contribution >= 0.6 is 23.2 Å². The number of carbonyl (C=O) groups is 1. The Morgan fingerprint density at radius 1 is 1.00 bits per heavy atom. The van der Waals surface area contributed by atoms with Crippen molar-refractivity contribution >= 4 is 40.6 Å². The van der Waals surface area contributed by atoms with Gasteiger partial charge in [-0.05, 0) is 30.3 Å². The van der Waals surface area contributed by atoms with E-state index in [1.165, 1.54) is 6.07 Å². The minimum absolute atomic E-state index is 0.0122. The summed E-state index contributed by atoms with van der Waals surface area (Å²) in [4.78, 5) is 11.7. The molecule has 0 spiro atoms. The number of anilines is 2. The van der Waals surface area contributed by atoms with E-state index in [4.69, 9.17) is 23.2 Å². The molecule has 0 fully saturated rings. The van der Waals surface area contributed by atoms with E-state index in [0.717, 1.165) is 0 Å². The van der Waals surface area contributed by atoms with E-state index in [0.29, 0.717) is 21.4 Å². The molecule has 98 valence electrons. The van der Waals surface area contributed by atoms with Gasteiger partial charge in [0.05, 0.1) is 5.69 Å². The van der Waals surface area contributed by atoms with Crippen LogP contribution in [0.15, 0.2) is 42.5 Å². The number of nitrogens with one attached hydrogen (secondary N) is 2. The highest BCUT2D eigenvalue weighted by molar-refractivity contribution is 6.35. The molecule has 0 saturated carbocycles. The Hall–Kier alpha value is -1.91. The van der Waals surface area contributed by atoms with E-state index in [1.54, 1.807) is 36.4 Å². The summed E-state index contributed by atoms with van der Waals surface area (Å²) in [5.41, 5.74) is 0.776. The molecule has 0 aliphatic rings. The maximum atomic E-state index is 11.7. The number of phenols is 1. The van der Waals surface area contributed by atoms with Crippen molar-refractivity contribution in [2.75, 3.05) is 10.6 Å². The van der Waals surface area contributed by atoms with Gasteiger partial charge >= 0.3 is 6.03 Å². The molecule has 19 heavy (non-hydrogen) atoms. The van der Waals surface area contributed by atoms with Crippen LogP contribution in [0.2, 0.25) is 10.0 Å². The van der Waals surface area contributed by atoms with E-state index in [-0.39, 0.29) is 5.75 Å². The van der Waals surface area contributed by atoms with Crippen LogP contribution in [-0.4, -0.2) is 11.1 Å². The van der Waals surface area contributed by atoms with Crippen molar-refractivity contribution in [1.82, 2.24) is 0 Å². The highest BCUT2D eigenvalue weighted by atomic mass is 35.5. The number of aromatic hydroxyl groups is 1. The Labute approximate surface area is 120 Å². The van der Waals surface area contributed by atoms with Gasteiger partial charge in [0.25, 0.3) is 0 Å². The largest absolute Gasteiger partial charge is 0.506 e. The Kier molecular flexibility index (Phi) is 4.14. The molecule has 2 rings (SSSR count). The Morgan fingerprint density at radius 2 is 1.63 bits per heavy atom. The van der Waals surface area contributed by atoms with Crippen molar-refractivity contribution in [3.63, 3.8) is 0 Å². The molecule has 6 heteroatoms. The number of hydrogen-bond donors (Lipinski definition) is 3. The number of urea groups is 1. The molecule has 0 saturated heterocycles. The highest BCUT2D eigenvalue weighted by Crippen LogP contribution is 2.24. The lowest BCUT2D eigenvalue weighted by molar-refractivity contribution is 0.262. The topological polar surface area (TPSA) is 61.4 Å². The van der Waals surface area contributed by atoms with E-state index in [1.807, 2.05) is 0 Å². The first-order valence-electron chi connectivity index (χ1n) is 5.37. The molecular weight excluding hydrogens is 287 g/mol. The minimum atomic E-state index is -0.500. The summed E-state index contributed by atoms with van der Waals surface area (Å²) in [6.45, 7) is 0. The molecule has 0 atom stereocenters. The van der Waals surface area contributed by atoms with Gasteiger partial charge in [0, 0.05) is 15.7 Å². The van der Waals surface area contributed by atoms with Gasteiger partial charge in [-0.25, -0.2) is 4.79 Å². The summed E-state index contributed by atoms with van der Waals surface area (Å²) < 4.78 is 0. The van der Waals surface area contributed by atoms with Crippen molar-refractivity contribution in [3.8, 4) is 5.75 Å². The third-order valence-electron chi connectivity index (χ3n) is 2.27. The van der Waals surface area contributed by atoms with Gasteiger partial charge < -0.3 is 15.7 Å². The smallest absolute Gasteiger partial charge is 0.323 e. The number of hydrogen-bond acceptors (Lipinski definition) is 2. The molecule has 0 radical (unpaired) electrons. The van der Waals surface area contributed by atoms with Gasteiger partial charge in [-0.15, -0.1) is 0 Å². The molecule has 2 aromatic carbocycles. The fourth-order valence-electron chi connectivity index (χ4n) is 1.49. The number of amides is 2. The second-order valence-electron chi connectivity index (χ2n) is 3.75. The number of benzene rings is 2. The SMILES string of the molecule is O=C(Nc1cc(Cl)cc(Cl)c1)Nc1ccccc1O. The number of halogens is 2. The van der Waals surface area contributed by atoms with Crippen LogP contribution < -0.4 is 10.6 Å². The van der Waals surface area contributed by atoms with Crippen LogP contribution in [0.5, 0.6) is 5.75 Å². The molecule has 3 N–H and O–H groups in total. The second kappa shape index (κ2) is 5.82. The van der Waals surface area contributed by atoms with Crippen molar-refractivity contribution in [2.24, 2.45) is 0 Å². The monoisotopic (exact) mass is 296 g/mol. The normalized spacial score (nSPS) is 10.0. The fourth-order valence-corrected chi connectivity index (χ4v) is 2.02. The third kappa shape index (κ3) is 3.77. The van der Waals surface area contributed by atoms with Crippen molar-refractivity contribution < 1.29 is 9.90 Å². The maximum absolute atomic E-state index is 11.7. The van der Waals surface area contributed by atoms with Crippen molar-refractivity contribution in [1.29, 1.82) is 0 Å². The van der Waals surface area contributed by atoms with Gasteiger partial charge in [0.15, 0.2) is 0 Å². The summed E-state index contributed by atoms with van der Waals surface area (Å²) in [5, 5.41) is 15.5. The number of phenolic OH excluding ortho intramolecular Hbond substituents is 1. The minimum Gasteiger partial charge on any atom is -0.506 e. The van der Waals surface area contributed by atoms with Crippen LogP contribution in [0.4, 0.5) is 16.2 Å². The second-order valence-corrected chi connectivity index (χ2v) is 4.63. The summed E-state index contributed by atoms with van der Waals surface area (Å²) in [7, 11) is 0. The predicted octanol–water partition coefficient (Wildman–Crippen LogP) is 4.34. The molecule has 4 nitrogen and oxygen atoms in total. The first kappa shape index (κ1) is 13.5. The van der Waals surface area contributed by atoms with Crippen LogP contribution in [0, 0.1) is 0 Å². The average Bonchev–Trinajstić information content (AvgIpc) is 2.30. The van der Waals surface area contributed by atoms with E-state index < -0.39 is 6.03 Å². The Balaban J connectivity index is 2.07. The van der Waals surface area contributed by atoms with Crippen molar-refractivity contribution in [2.45, 2.75) is 0 Å². The highest BCUT2D eigenvalue weighted by Gasteiger charge is 2.06. The van der Waals surface area contributed by atoms with Crippen LogP contribution in [-0.2, 0) is 0 Å². The van der Waals surface area contributed by atoms with E-state index >= 15 is 0 Å². The van der Waals surface area contributed by atoms with Gasteiger partial charge in [-0.3, -0.25) is 0 Å². The molecule has 2 amide bonds. The molecule has 0 aliphatic carbocycles. The molecule has 0 bridgehead atoms. The van der Waals surface area contributed by atoms with Crippen LogP contribution in [0.1, 0.15) is 0 Å². The summed E-state index contributed by atoms with van der Waals surface area (Å²) >= 11 is 11.6. The van der Waals surface area contributed by atoms with Gasteiger partial charge in [-0.1, -0.05) is 35.3 Å². The molecular formula is C13H10Cl2N2O2. The summed E-state index contributed by atoms with van der Waals surface area (Å²) in [6, 6.07) is 10.6. The molecule has 2 aromatic rings. The number of para-hydroxylation sites is 2. The lowest BCUT2D eigenvalue weighted by Crippen LogP contribution is -2.19. The zero-order valence-corrected chi connectivity index (χ0v) is 11.2. The van der Waals surface area contributed by atoms with Crippen LogP contribution in [0.25, 0.3) is 0 Å². The quantitative estimate of drug-likeness (QED) is 0.722. The lowest BCUT2D eigenvalue weighted by Gasteiger charge is -2.09. The third-order valence-corrected chi connectivity index (χ3v) is 2.71. The fraction of sp³-hybridized carbons (Fsp3) is 0. The maximum Gasteiger partial charge on any atom is 0.323 e. The number of carbonyl (C=O) groups excluding carboxylic acids is 1. The van der Waals surface area contributed by atoms with Crippen LogP contribution in [0.3, 0.4) is 0 Å². The molecule has 0 unspecified atom stereocenters. The Morgan fingerprint density at radius 3 is 2.26 bits per heavy atom. The standard InChI is InChI=1S/C13H10Cl2N2O2/c14-8-5-9(15)7-10(6-8)16-13(19)17-11-3-1-2-4-12(11)18/h1-7,18H,(H2,16,17,19). The van der Waals surface area contributed by atoms with E-state index in [2.05, 4.69) is 10.6 Å². The summed E-state index contributed by atoms with van der Waals surface area (Å²) in [5.74, 6) is -0.0122. The number of rotatable bonds is 2. The Bertz CT molecular complexity index is 597. The summed E-state index contributed by atoms with van der Waals surface area (Å²) in [6.07, 6.45) is 0. The average molecular weight is 297 g/mol. The van der Waals surface area contributed by atoms with Gasteiger partial charge in [-0.2, -0.15) is 0 Å². The zero-order chi connectivity index (χ0) is 13.8. The molecule has 0 aromatic heterocycles. The molecule has 0 aliphatic heterocycles. The van der Waals surface area contributed by atoms with Gasteiger partial charge in [0.1, 0.15) is 5.75 Å².